The zero-order chi connectivity index (χ0) is 18.0. The van der Waals surface area contributed by atoms with Crippen LogP contribution in [0.25, 0.3) is 0 Å². The van der Waals surface area contributed by atoms with E-state index in [9.17, 15) is 0 Å². The van der Waals surface area contributed by atoms with E-state index in [0.29, 0.717) is 19.7 Å². The summed E-state index contributed by atoms with van der Waals surface area (Å²) < 4.78 is 10.8. The molecule has 0 aliphatic rings. The second-order valence-electron chi connectivity index (χ2n) is 5.45. The van der Waals surface area contributed by atoms with Crippen molar-refractivity contribution in [3.8, 4) is 11.5 Å². The van der Waals surface area contributed by atoms with Gasteiger partial charge in [0.25, 0.3) is 0 Å². The maximum absolute atomic E-state index is 5.68. The maximum atomic E-state index is 5.68. The minimum Gasteiger partial charge on any atom is -0.497 e. The van der Waals surface area contributed by atoms with Gasteiger partial charge in [-0.3, -0.25) is 4.98 Å². The molecule has 0 saturated carbocycles. The monoisotopic (exact) mass is 351 g/mol. The van der Waals surface area contributed by atoms with E-state index in [2.05, 4.69) is 25.6 Å². The van der Waals surface area contributed by atoms with E-state index in [-0.39, 0.29) is 0 Å². The van der Waals surface area contributed by atoms with Crippen LogP contribution in [0.1, 0.15) is 5.56 Å². The Morgan fingerprint density at radius 2 is 1.58 bits per heavy atom. The Kier molecular flexibility index (Phi) is 6.19. The summed E-state index contributed by atoms with van der Waals surface area (Å²) >= 11 is 0. The summed E-state index contributed by atoms with van der Waals surface area (Å²) in [7, 11) is 1.64. The number of benzene rings is 1. The van der Waals surface area contributed by atoms with Gasteiger partial charge in [-0.05, 0) is 42.0 Å². The van der Waals surface area contributed by atoms with Gasteiger partial charge >= 0.3 is 0 Å². The summed E-state index contributed by atoms with van der Waals surface area (Å²) in [5.74, 6) is 3.11. The summed E-state index contributed by atoms with van der Waals surface area (Å²) in [6.45, 7) is 1.84. The second-order valence-corrected chi connectivity index (χ2v) is 5.45. The van der Waals surface area contributed by atoms with Crippen molar-refractivity contribution in [3.05, 3.63) is 66.7 Å². The normalized spacial score (nSPS) is 10.2. The van der Waals surface area contributed by atoms with Gasteiger partial charge in [0.15, 0.2) is 0 Å². The largest absolute Gasteiger partial charge is 0.497 e. The van der Waals surface area contributed by atoms with Crippen LogP contribution in [0.4, 0.5) is 11.6 Å². The third kappa shape index (κ3) is 5.34. The zero-order valence-electron chi connectivity index (χ0n) is 14.6. The van der Waals surface area contributed by atoms with Gasteiger partial charge in [-0.2, -0.15) is 0 Å². The van der Waals surface area contributed by atoms with Gasteiger partial charge in [0.2, 0.25) is 0 Å². The summed E-state index contributed by atoms with van der Waals surface area (Å²) in [5, 5.41) is 6.49. The molecule has 3 aromatic rings. The first-order chi connectivity index (χ1) is 12.8. The smallest absolute Gasteiger partial charge is 0.131 e. The van der Waals surface area contributed by atoms with Gasteiger partial charge < -0.3 is 20.1 Å². The minimum absolute atomic E-state index is 0.524. The lowest BCUT2D eigenvalue weighted by Crippen LogP contribution is -2.13. The summed E-state index contributed by atoms with van der Waals surface area (Å²) in [5.41, 5.74) is 1.14. The number of ether oxygens (including phenoxy) is 2. The molecule has 0 unspecified atom stereocenters. The van der Waals surface area contributed by atoms with Crippen LogP contribution in [0, 0.1) is 0 Å². The van der Waals surface area contributed by atoms with Gasteiger partial charge in [0.05, 0.1) is 13.7 Å². The third-order valence-corrected chi connectivity index (χ3v) is 3.63. The van der Waals surface area contributed by atoms with Crippen molar-refractivity contribution in [2.75, 3.05) is 30.9 Å². The van der Waals surface area contributed by atoms with Crippen LogP contribution >= 0.6 is 0 Å². The van der Waals surface area contributed by atoms with E-state index in [1.54, 1.807) is 19.5 Å². The van der Waals surface area contributed by atoms with E-state index >= 15 is 0 Å². The Morgan fingerprint density at radius 3 is 2.31 bits per heavy atom. The molecular weight excluding hydrogens is 330 g/mol. The first-order valence-electron chi connectivity index (χ1n) is 8.29. The van der Waals surface area contributed by atoms with Crippen molar-refractivity contribution in [3.63, 3.8) is 0 Å². The molecule has 0 bridgehead atoms. The highest BCUT2D eigenvalue weighted by atomic mass is 16.5. The number of methoxy groups -OCH3 is 1. The Bertz CT molecular complexity index is 797. The molecule has 0 atom stereocenters. The van der Waals surface area contributed by atoms with Gasteiger partial charge in [-0.25, -0.2) is 9.97 Å². The highest BCUT2D eigenvalue weighted by Crippen LogP contribution is 2.17. The molecule has 3 rings (SSSR count). The molecule has 0 aliphatic carbocycles. The van der Waals surface area contributed by atoms with Crippen LogP contribution in [0.5, 0.6) is 11.5 Å². The Hall–Kier alpha value is -3.35. The van der Waals surface area contributed by atoms with Crippen molar-refractivity contribution in [2.24, 2.45) is 0 Å². The second kappa shape index (κ2) is 9.22. The van der Waals surface area contributed by atoms with Gasteiger partial charge in [-0.1, -0.05) is 0 Å². The van der Waals surface area contributed by atoms with E-state index in [0.717, 1.165) is 28.7 Å². The molecule has 0 radical (unpaired) electrons. The molecule has 1 aromatic carbocycles. The lowest BCUT2D eigenvalue weighted by Gasteiger charge is -2.10. The highest BCUT2D eigenvalue weighted by molar-refractivity contribution is 5.46. The average molecular weight is 351 g/mol. The quantitative estimate of drug-likeness (QED) is 0.574. The number of aromatic nitrogens is 3. The number of hydrogen-bond acceptors (Lipinski definition) is 7. The molecule has 0 amide bonds. The van der Waals surface area contributed by atoms with Crippen LogP contribution < -0.4 is 20.1 Å². The van der Waals surface area contributed by atoms with Gasteiger partial charge in [0, 0.05) is 25.0 Å². The van der Waals surface area contributed by atoms with Crippen molar-refractivity contribution >= 4 is 11.6 Å². The van der Waals surface area contributed by atoms with Crippen molar-refractivity contribution < 1.29 is 9.47 Å². The molecular formula is C19H21N5O2. The van der Waals surface area contributed by atoms with Gasteiger partial charge in [0.1, 0.15) is 36.1 Å². The van der Waals surface area contributed by atoms with E-state index in [4.69, 9.17) is 9.47 Å². The van der Waals surface area contributed by atoms with Crippen LogP contribution in [0.3, 0.4) is 0 Å². The van der Waals surface area contributed by atoms with Crippen molar-refractivity contribution in [1.29, 1.82) is 0 Å². The van der Waals surface area contributed by atoms with Crippen molar-refractivity contribution in [1.82, 2.24) is 15.0 Å². The molecule has 0 fully saturated rings. The average Bonchev–Trinajstić information content (AvgIpc) is 2.71. The topological polar surface area (TPSA) is 81.2 Å². The fraction of sp³-hybridized carbons (Fsp3) is 0.211. The Morgan fingerprint density at radius 1 is 0.885 bits per heavy atom. The summed E-state index contributed by atoms with van der Waals surface area (Å²) in [6, 6.07) is 13.3. The van der Waals surface area contributed by atoms with E-state index in [1.165, 1.54) is 6.33 Å². The van der Waals surface area contributed by atoms with E-state index < -0.39 is 0 Å². The Labute approximate surface area is 152 Å². The Balaban J connectivity index is 1.43. The van der Waals surface area contributed by atoms with Crippen LogP contribution in [0.2, 0.25) is 0 Å². The lowest BCUT2D eigenvalue weighted by molar-refractivity contribution is 0.331. The SMILES string of the molecule is COc1ccc(OCCNc2cc(NCc3ccncc3)ncn2)cc1. The fourth-order valence-corrected chi connectivity index (χ4v) is 2.26. The van der Waals surface area contributed by atoms with Crippen LogP contribution in [0.15, 0.2) is 61.2 Å². The standard InChI is InChI=1S/C19H21N5O2/c1-25-16-2-4-17(5-3-16)26-11-10-21-18-12-19(24-14-23-18)22-13-15-6-8-20-9-7-15/h2-9,12,14H,10-11,13H2,1H3,(H2,21,22,23,24). The van der Waals surface area contributed by atoms with E-state index in [1.807, 2.05) is 42.5 Å². The molecule has 7 heteroatoms. The number of rotatable bonds is 9. The predicted octanol–water partition coefficient (Wildman–Crippen LogP) is 2.98. The number of anilines is 2. The highest BCUT2D eigenvalue weighted by Gasteiger charge is 2.00. The predicted molar refractivity (Wildman–Crippen MR) is 101 cm³/mol. The lowest BCUT2D eigenvalue weighted by atomic mass is 10.3. The third-order valence-electron chi connectivity index (χ3n) is 3.63. The fourth-order valence-electron chi connectivity index (χ4n) is 2.26. The molecule has 0 saturated heterocycles. The number of nitrogens with zero attached hydrogens (tertiary/aromatic N) is 3. The molecule has 7 nitrogen and oxygen atoms in total. The van der Waals surface area contributed by atoms with Crippen LogP contribution in [-0.4, -0.2) is 35.2 Å². The number of nitrogens with one attached hydrogen (secondary N) is 2. The first kappa shape index (κ1) is 17.5. The zero-order valence-corrected chi connectivity index (χ0v) is 14.6. The molecule has 0 aliphatic heterocycles. The molecule has 26 heavy (non-hydrogen) atoms. The van der Waals surface area contributed by atoms with Crippen molar-refractivity contribution in [2.45, 2.75) is 6.54 Å². The summed E-state index contributed by atoms with van der Waals surface area (Å²) in [6.07, 6.45) is 5.07. The molecule has 2 N–H and O–H groups in total. The summed E-state index contributed by atoms with van der Waals surface area (Å²) in [4.78, 5) is 12.4. The minimum atomic E-state index is 0.524. The maximum Gasteiger partial charge on any atom is 0.131 e. The number of hydrogen-bond donors (Lipinski definition) is 2. The molecule has 134 valence electrons. The van der Waals surface area contributed by atoms with Crippen LogP contribution in [-0.2, 0) is 6.54 Å². The number of pyridine rings is 1. The molecule has 0 spiro atoms. The molecule has 2 heterocycles. The molecule has 2 aromatic heterocycles. The van der Waals surface area contributed by atoms with Gasteiger partial charge in [-0.15, -0.1) is 0 Å². The first-order valence-corrected chi connectivity index (χ1v) is 8.29.